The van der Waals surface area contributed by atoms with E-state index in [9.17, 15) is 0 Å². The van der Waals surface area contributed by atoms with E-state index in [4.69, 9.17) is 0 Å². The van der Waals surface area contributed by atoms with Gasteiger partial charge >= 0.3 is 0 Å². The van der Waals surface area contributed by atoms with Gasteiger partial charge in [-0.25, -0.2) is 0 Å². The van der Waals surface area contributed by atoms with Crippen LogP contribution in [0.3, 0.4) is 0 Å². The summed E-state index contributed by atoms with van der Waals surface area (Å²) in [5.74, 6) is 0. The van der Waals surface area contributed by atoms with Crippen LogP contribution in [0.2, 0.25) is 0 Å². The SMILES string of the molecule is c1cc2c(c(-n3c4ccccc4c4ccccc43)c1)Cc1ccc(-n3c4ccccc4c4ccccc43)cc1-2. The van der Waals surface area contributed by atoms with Crippen molar-refractivity contribution in [1.29, 1.82) is 0 Å². The third-order valence-corrected chi connectivity index (χ3v) is 8.56. The molecule has 182 valence electrons. The Hall–Kier alpha value is -5.08. The zero-order chi connectivity index (χ0) is 25.5. The van der Waals surface area contributed by atoms with Gasteiger partial charge in [0.2, 0.25) is 0 Å². The average molecular weight is 497 g/mol. The molecule has 0 aliphatic heterocycles. The fraction of sp³-hybridized carbons (Fsp3) is 0.0270. The van der Waals surface area contributed by atoms with Crippen LogP contribution in [0, 0.1) is 0 Å². The lowest BCUT2D eigenvalue weighted by molar-refractivity contribution is 1.12. The van der Waals surface area contributed by atoms with Gasteiger partial charge in [0, 0.05) is 33.7 Å². The first-order valence-electron chi connectivity index (χ1n) is 13.6. The smallest absolute Gasteiger partial charge is 0.0541 e. The number of rotatable bonds is 2. The molecule has 0 atom stereocenters. The zero-order valence-corrected chi connectivity index (χ0v) is 21.3. The summed E-state index contributed by atoms with van der Waals surface area (Å²) in [6.07, 6.45) is 0.940. The summed E-state index contributed by atoms with van der Waals surface area (Å²) in [7, 11) is 0. The fourth-order valence-corrected chi connectivity index (χ4v) is 6.90. The number of nitrogens with zero attached hydrogens (tertiary/aromatic N) is 2. The van der Waals surface area contributed by atoms with Crippen molar-refractivity contribution in [2.24, 2.45) is 0 Å². The van der Waals surface area contributed by atoms with Crippen molar-refractivity contribution in [2.45, 2.75) is 6.42 Å². The highest BCUT2D eigenvalue weighted by atomic mass is 15.0. The van der Waals surface area contributed by atoms with Crippen LogP contribution in [0.15, 0.2) is 133 Å². The lowest BCUT2D eigenvalue weighted by Gasteiger charge is -2.13. The van der Waals surface area contributed by atoms with E-state index in [0.29, 0.717) is 0 Å². The first kappa shape index (κ1) is 20.9. The maximum Gasteiger partial charge on any atom is 0.0541 e. The average Bonchev–Trinajstić information content (AvgIpc) is 3.65. The van der Waals surface area contributed by atoms with E-state index in [-0.39, 0.29) is 0 Å². The van der Waals surface area contributed by atoms with Gasteiger partial charge < -0.3 is 9.13 Å². The number of fused-ring (bicyclic) bond motifs is 9. The molecule has 0 spiro atoms. The van der Waals surface area contributed by atoms with Crippen molar-refractivity contribution in [3.8, 4) is 22.5 Å². The molecule has 1 aliphatic rings. The van der Waals surface area contributed by atoms with Crippen LogP contribution in [0.1, 0.15) is 11.1 Å². The summed E-state index contributed by atoms with van der Waals surface area (Å²) in [5.41, 5.74) is 13.0. The Morgan fingerprint density at radius 3 is 1.49 bits per heavy atom. The Morgan fingerprint density at radius 1 is 0.410 bits per heavy atom. The van der Waals surface area contributed by atoms with Crippen molar-refractivity contribution in [3.63, 3.8) is 0 Å². The summed E-state index contributed by atoms with van der Waals surface area (Å²) in [6, 6.07) is 48.9. The Kier molecular flexibility index (Phi) is 4.14. The van der Waals surface area contributed by atoms with Crippen LogP contribution in [0.25, 0.3) is 66.1 Å². The van der Waals surface area contributed by atoms with Gasteiger partial charge in [0.25, 0.3) is 0 Å². The third-order valence-electron chi connectivity index (χ3n) is 8.56. The molecule has 0 amide bonds. The van der Waals surface area contributed by atoms with E-state index in [2.05, 4.69) is 143 Å². The van der Waals surface area contributed by atoms with Gasteiger partial charge in [-0.15, -0.1) is 0 Å². The molecular formula is C37H24N2. The minimum absolute atomic E-state index is 0.940. The second-order valence-electron chi connectivity index (χ2n) is 10.6. The summed E-state index contributed by atoms with van der Waals surface area (Å²) in [4.78, 5) is 0. The predicted octanol–water partition coefficient (Wildman–Crippen LogP) is 9.45. The highest BCUT2D eigenvalue weighted by Gasteiger charge is 2.24. The van der Waals surface area contributed by atoms with Crippen LogP contribution in [0.5, 0.6) is 0 Å². The van der Waals surface area contributed by atoms with Crippen LogP contribution in [-0.2, 0) is 6.42 Å². The van der Waals surface area contributed by atoms with Gasteiger partial charge in [-0.2, -0.15) is 0 Å². The molecule has 0 saturated heterocycles. The molecule has 0 radical (unpaired) electrons. The summed E-state index contributed by atoms with van der Waals surface area (Å²) < 4.78 is 4.88. The Morgan fingerprint density at radius 2 is 0.923 bits per heavy atom. The molecule has 2 aromatic heterocycles. The molecule has 0 bridgehead atoms. The molecule has 0 fully saturated rings. The van der Waals surface area contributed by atoms with Gasteiger partial charge in [-0.05, 0) is 64.7 Å². The van der Waals surface area contributed by atoms with E-state index in [1.165, 1.54) is 77.2 Å². The largest absolute Gasteiger partial charge is 0.309 e. The van der Waals surface area contributed by atoms with Crippen molar-refractivity contribution in [1.82, 2.24) is 9.13 Å². The Bertz CT molecular complexity index is 2150. The summed E-state index contributed by atoms with van der Waals surface area (Å²) >= 11 is 0. The van der Waals surface area contributed by atoms with Crippen molar-refractivity contribution >= 4 is 43.6 Å². The highest BCUT2D eigenvalue weighted by molar-refractivity contribution is 6.10. The van der Waals surface area contributed by atoms with Crippen molar-refractivity contribution in [2.75, 3.05) is 0 Å². The van der Waals surface area contributed by atoms with Crippen molar-refractivity contribution < 1.29 is 0 Å². The van der Waals surface area contributed by atoms with Crippen LogP contribution in [-0.4, -0.2) is 9.13 Å². The third kappa shape index (κ3) is 2.81. The Labute approximate surface area is 226 Å². The molecule has 8 aromatic rings. The van der Waals surface area contributed by atoms with Gasteiger partial charge in [0.15, 0.2) is 0 Å². The molecular weight excluding hydrogens is 472 g/mol. The predicted molar refractivity (Wildman–Crippen MR) is 163 cm³/mol. The van der Waals surface area contributed by atoms with E-state index in [1.54, 1.807) is 0 Å². The van der Waals surface area contributed by atoms with E-state index in [0.717, 1.165) is 6.42 Å². The molecule has 9 rings (SSSR count). The minimum atomic E-state index is 0.940. The highest BCUT2D eigenvalue weighted by Crippen LogP contribution is 2.43. The number of para-hydroxylation sites is 4. The van der Waals surface area contributed by atoms with Gasteiger partial charge in [-0.3, -0.25) is 0 Å². The zero-order valence-electron chi connectivity index (χ0n) is 21.3. The van der Waals surface area contributed by atoms with Gasteiger partial charge in [0.1, 0.15) is 0 Å². The molecule has 6 aromatic carbocycles. The molecule has 1 aliphatic carbocycles. The number of hydrogen-bond acceptors (Lipinski definition) is 0. The normalized spacial score (nSPS) is 12.5. The van der Waals surface area contributed by atoms with Crippen LogP contribution >= 0.6 is 0 Å². The van der Waals surface area contributed by atoms with E-state index >= 15 is 0 Å². The molecule has 2 heteroatoms. The van der Waals surface area contributed by atoms with Gasteiger partial charge in [-0.1, -0.05) is 91.0 Å². The van der Waals surface area contributed by atoms with Crippen LogP contribution in [0.4, 0.5) is 0 Å². The first-order valence-corrected chi connectivity index (χ1v) is 13.6. The number of hydrogen-bond donors (Lipinski definition) is 0. The van der Waals surface area contributed by atoms with Crippen LogP contribution < -0.4 is 0 Å². The number of aromatic nitrogens is 2. The quantitative estimate of drug-likeness (QED) is 0.226. The summed E-state index contributed by atoms with van der Waals surface area (Å²) in [6.45, 7) is 0. The monoisotopic (exact) mass is 496 g/mol. The summed E-state index contributed by atoms with van der Waals surface area (Å²) in [5, 5.41) is 5.19. The second kappa shape index (κ2) is 7.72. The van der Waals surface area contributed by atoms with Gasteiger partial charge in [0.05, 0.1) is 27.8 Å². The Balaban J connectivity index is 1.28. The van der Waals surface area contributed by atoms with E-state index < -0.39 is 0 Å². The van der Waals surface area contributed by atoms with E-state index in [1.807, 2.05) is 0 Å². The van der Waals surface area contributed by atoms with Crippen molar-refractivity contribution in [3.05, 3.63) is 145 Å². The molecule has 39 heavy (non-hydrogen) atoms. The first-order chi connectivity index (χ1) is 19.4. The molecule has 2 nitrogen and oxygen atoms in total. The standard InChI is InChI=1S/C37H24N2/c1-5-15-33-27(10-1)28-11-2-6-16-34(28)38(33)25-21-20-24-22-32-26(31(24)23-25)14-9-19-37(32)39-35-17-7-3-12-29(35)30-13-4-8-18-36(30)39/h1-21,23H,22H2. The molecule has 0 N–H and O–H groups in total. The second-order valence-corrected chi connectivity index (χ2v) is 10.6. The lowest BCUT2D eigenvalue weighted by atomic mass is 10.0. The maximum atomic E-state index is 2.46. The lowest BCUT2D eigenvalue weighted by Crippen LogP contribution is -1.98. The topological polar surface area (TPSA) is 9.86 Å². The number of benzene rings is 6. The maximum absolute atomic E-state index is 2.46. The fourth-order valence-electron chi connectivity index (χ4n) is 6.90. The molecule has 2 heterocycles. The molecule has 0 unspecified atom stereocenters. The minimum Gasteiger partial charge on any atom is -0.309 e. The molecule has 0 saturated carbocycles.